The fraction of sp³-hybridized carbons (Fsp3) is 0.571. The van der Waals surface area contributed by atoms with Gasteiger partial charge in [0.2, 0.25) is 0 Å². The molecule has 0 saturated carbocycles. The molecule has 2 rings (SSSR count). The molecule has 0 aliphatic carbocycles. The highest BCUT2D eigenvalue weighted by atomic mass is 35.5. The number of halogens is 2. The molecule has 0 amide bonds. The number of rotatable bonds is 4. The van der Waals surface area contributed by atoms with E-state index in [9.17, 15) is 4.39 Å². The molecular formula is C14H19ClFNO. The Balaban J connectivity index is 2.15. The van der Waals surface area contributed by atoms with Crippen molar-refractivity contribution in [3.63, 3.8) is 0 Å². The van der Waals surface area contributed by atoms with Crippen LogP contribution < -0.4 is 5.32 Å². The molecule has 0 radical (unpaired) electrons. The van der Waals surface area contributed by atoms with E-state index in [1.165, 1.54) is 0 Å². The summed E-state index contributed by atoms with van der Waals surface area (Å²) in [6.07, 6.45) is 3.06. The number of hydrogen-bond donors (Lipinski definition) is 1. The van der Waals surface area contributed by atoms with Crippen molar-refractivity contribution in [3.8, 4) is 0 Å². The second-order valence-electron chi connectivity index (χ2n) is 4.89. The zero-order valence-electron chi connectivity index (χ0n) is 10.6. The summed E-state index contributed by atoms with van der Waals surface area (Å²) in [6.45, 7) is 2.30. The largest absolute Gasteiger partial charge is 0.380 e. The molecule has 1 unspecified atom stereocenters. The summed E-state index contributed by atoms with van der Waals surface area (Å²) in [4.78, 5) is 0. The van der Waals surface area contributed by atoms with Gasteiger partial charge in [-0.15, -0.1) is 0 Å². The SMILES string of the molecule is COCc1cc(Cl)cc(CC2CCCNC2)c1F. The maximum absolute atomic E-state index is 14.2. The van der Waals surface area contributed by atoms with Crippen molar-refractivity contribution in [1.29, 1.82) is 0 Å². The zero-order chi connectivity index (χ0) is 13.0. The predicted molar refractivity (Wildman–Crippen MR) is 71.4 cm³/mol. The van der Waals surface area contributed by atoms with Crippen molar-refractivity contribution < 1.29 is 9.13 Å². The lowest BCUT2D eigenvalue weighted by atomic mass is 9.91. The molecule has 18 heavy (non-hydrogen) atoms. The Kier molecular flexibility index (Phi) is 4.98. The summed E-state index contributed by atoms with van der Waals surface area (Å²) in [5, 5.41) is 3.93. The van der Waals surface area contributed by atoms with Crippen LogP contribution in [0.25, 0.3) is 0 Å². The van der Waals surface area contributed by atoms with Gasteiger partial charge in [0.05, 0.1) is 6.61 Å². The minimum absolute atomic E-state index is 0.160. The van der Waals surface area contributed by atoms with Crippen molar-refractivity contribution in [3.05, 3.63) is 34.1 Å². The second-order valence-corrected chi connectivity index (χ2v) is 5.32. The van der Waals surface area contributed by atoms with Crippen LogP contribution in [0.2, 0.25) is 5.02 Å². The molecule has 1 fully saturated rings. The topological polar surface area (TPSA) is 21.3 Å². The molecule has 0 aromatic heterocycles. The smallest absolute Gasteiger partial charge is 0.132 e. The maximum atomic E-state index is 14.2. The second kappa shape index (κ2) is 6.50. The number of benzene rings is 1. The first-order chi connectivity index (χ1) is 8.70. The fourth-order valence-electron chi connectivity index (χ4n) is 2.53. The molecule has 4 heteroatoms. The van der Waals surface area contributed by atoms with E-state index in [0.29, 0.717) is 22.1 Å². The first-order valence-corrected chi connectivity index (χ1v) is 6.75. The van der Waals surface area contributed by atoms with Gasteiger partial charge in [-0.2, -0.15) is 0 Å². The van der Waals surface area contributed by atoms with E-state index in [0.717, 1.165) is 32.4 Å². The summed E-state index contributed by atoms with van der Waals surface area (Å²) in [5.41, 5.74) is 1.26. The Morgan fingerprint density at radius 1 is 1.44 bits per heavy atom. The van der Waals surface area contributed by atoms with Crippen LogP contribution in [0.1, 0.15) is 24.0 Å². The zero-order valence-corrected chi connectivity index (χ0v) is 11.4. The molecule has 1 atom stereocenters. The van der Waals surface area contributed by atoms with Crippen molar-refractivity contribution in [1.82, 2.24) is 5.32 Å². The van der Waals surface area contributed by atoms with Crippen molar-refractivity contribution in [2.45, 2.75) is 25.9 Å². The molecular weight excluding hydrogens is 253 g/mol. The van der Waals surface area contributed by atoms with Gasteiger partial charge in [-0.25, -0.2) is 4.39 Å². The number of hydrogen-bond acceptors (Lipinski definition) is 2. The Morgan fingerprint density at radius 3 is 2.89 bits per heavy atom. The van der Waals surface area contributed by atoms with E-state index >= 15 is 0 Å². The normalized spacial score (nSPS) is 20.1. The van der Waals surface area contributed by atoms with Crippen LogP contribution >= 0.6 is 11.6 Å². The molecule has 1 aliphatic heterocycles. The molecule has 1 saturated heterocycles. The van der Waals surface area contributed by atoms with Crippen LogP contribution in [0.5, 0.6) is 0 Å². The summed E-state index contributed by atoms with van der Waals surface area (Å²) >= 11 is 6.04. The van der Waals surface area contributed by atoms with Gasteiger partial charge in [0.15, 0.2) is 0 Å². The first kappa shape index (κ1) is 13.8. The van der Waals surface area contributed by atoms with E-state index in [1.54, 1.807) is 19.2 Å². The molecule has 1 aromatic rings. The standard InChI is InChI=1S/C14H19ClFNO/c1-18-9-12-7-13(15)6-11(14(12)16)5-10-3-2-4-17-8-10/h6-7,10,17H,2-5,8-9H2,1H3. The predicted octanol–water partition coefficient (Wildman–Crippen LogP) is 3.17. The van der Waals surface area contributed by atoms with Crippen molar-refractivity contribution >= 4 is 11.6 Å². The maximum Gasteiger partial charge on any atom is 0.132 e. The Morgan fingerprint density at radius 2 is 2.22 bits per heavy atom. The van der Waals surface area contributed by atoms with Gasteiger partial charge in [0.25, 0.3) is 0 Å². The van der Waals surface area contributed by atoms with Crippen LogP contribution in [0.15, 0.2) is 12.1 Å². The highest BCUT2D eigenvalue weighted by Gasteiger charge is 2.17. The minimum atomic E-state index is -0.160. The van der Waals surface area contributed by atoms with E-state index in [-0.39, 0.29) is 12.4 Å². The number of methoxy groups -OCH3 is 1. The van der Waals surface area contributed by atoms with Crippen LogP contribution in [0, 0.1) is 11.7 Å². The van der Waals surface area contributed by atoms with Crippen LogP contribution in [-0.4, -0.2) is 20.2 Å². The Labute approximate surface area is 112 Å². The fourth-order valence-corrected chi connectivity index (χ4v) is 2.79. The van der Waals surface area contributed by atoms with Crippen LogP contribution in [-0.2, 0) is 17.8 Å². The van der Waals surface area contributed by atoms with Crippen LogP contribution in [0.4, 0.5) is 4.39 Å². The van der Waals surface area contributed by atoms with Crippen molar-refractivity contribution in [2.75, 3.05) is 20.2 Å². The lowest BCUT2D eigenvalue weighted by molar-refractivity contribution is 0.181. The van der Waals surface area contributed by atoms with Gasteiger partial charge in [-0.1, -0.05) is 11.6 Å². The van der Waals surface area contributed by atoms with E-state index in [4.69, 9.17) is 16.3 Å². The van der Waals surface area contributed by atoms with Gasteiger partial charge in [-0.05, 0) is 56.0 Å². The van der Waals surface area contributed by atoms with Gasteiger partial charge >= 0.3 is 0 Å². The molecule has 2 nitrogen and oxygen atoms in total. The monoisotopic (exact) mass is 271 g/mol. The molecule has 1 heterocycles. The van der Waals surface area contributed by atoms with Gasteiger partial charge in [0, 0.05) is 17.7 Å². The Bertz CT molecular complexity index is 405. The highest BCUT2D eigenvalue weighted by molar-refractivity contribution is 6.30. The molecule has 0 bridgehead atoms. The third-order valence-electron chi connectivity index (χ3n) is 3.40. The lowest BCUT2D eigenvalue weighted by Gasteiger charge is -2.23. The van der Waals surface area contributed by atoms with E-state index in [1.807, 2.05) is 0 Å². The third-order valence-corrected chi connectivity index (χ3v) is 3.61. The molecule has 1 aliphatic rings. The average Bonchev–Trinajstić information content (AvgIpc) is 2.36. The lowest BCUT2D eigenvalue weighted by Crippen LogP contribution is -2.31. The number of nitrogens with one attached hydrogen (secondary N) is 1. The number of ether oxygens (including phenoxy) is 1. The van der Waals surface area contributed by atoms with E-state index < -0.39 is 0 Å². The quantitative estimate of drug-likeness (QED) is 0.908. The summed E-state index contributed by atoms with van der Waals surface area (Å²) in [7, 11) is 1.56. The average molecular weight is 272 g/mol. The number of piperidine rings is 1. The first-order valence-electron chi connectivity index (χ1n) is 6.37. The van der Waals surface area contributed by atoms with Crippen LogP contribution in [0.3, 0.4) is 0 Å². The van der Waals surface area contributed by atoms with Gasteiger partial charge < -0.3 is 10.1 Å². The highest BCUT2D eigenvalue weighted by Crippen LogP contribution is 2.25. The molecule has 1 N–H and O–H groups in total. The van der Waals surface area contributed by atoms with Crippen molar-refractivity contribution in [2.24, 2.45) is 5.92 Å². The van der Waals surface area contributed by atoms with E-state index in [2.05, 4.69) is 5.32 Å². The van der Waals surface area contributed by atoms with Gasteiger partial charge in [0.1, 0.15) is 5.82 Å². The molecule has 0 spiro atoms. The summed E-state index contributed by atoms with van der Waals surface area (Å²) in [5.74, 6) is 0.342. The summed E-state index contributed by atoms with van der Waals surface area (Å²) < 4.78 is 19.2. The molecule has 1 aromatic carbocycles. The summed E-state index contributed by atoms with van der Waals surface area (Å²) in [6, 6.07) is 3.38. The van der Waals surface area contributed by atoms with Gasteiger partial charge in [-0.3, -0.25) is 0 Å². The third kappa shape index (κ3) is 3.44. The Hall–Kier alpha value is -0.640. The molecule has 100 valence electrons. The minimum Gasteiger partial charge on any atom is -0.380 e.